The van der Waals surface area contributed by atoms with E-state index in [-0.39, 0.29) is 70.8 Å². The summed E-state index contributed by atoms with van der Waals surface area (Å²) in [4.78, 5) is 60.2. The number of hydrogen-bond acceptors (Lipinski definition) is 17. The van der Waals surface area contributed by atoms with Gasteiger partial charge in [0.1, 0.15) is 18.8 Å². The fourth-order valence-corrected chi connectivity index (χ4v) is 6.36. The highest BCUT2D eigenvalue weighted by atomic mass is 16.7. The predicted molar refractivity (Wildman–Crippen MR) is 233 cm³/mol. The Labute approximate surface area is 383 Å². The van der Waals surface area contributed by atoms with Crippen LogP contribution in [0.3, 0.4) is 0 Å². The van der Waals surface area contributed by atoms with Crippen molar-refractivity contribution >= 4 is 29.6 Å². The molecule has 1 fully saturated rings. The molecule has 0 aromatic heterocycles. The fraction of sp³-hybridized carbons (Fsp3) is 0.614. The van der Waals surface area contributed by atoms with E-state index in [1.165, 1.54) is 6.92 Å². The molecule has 1 saturated heterocycles. The lowest BCUT2D eigenvalue weighted by Crippen LogP contribution is -2.68. The third kappa shape index (κ3) is 21.7. The van der Waals surface area contributed by atoms with E-state index in [9.17, 15) is 49.5 Å². The van der Waals surface area contributed by atoms with Crippen LogP contribution in [0.1, 0.15) is 25.3 Å². The number of hydrogen-bond donors (Lipinski definition) is 9. The van der Waals surface area contributed by atoms with Gasteiger partial charge in [-0.25, -0.2) is 4.79 Å². The van der Waals surface area contributed by atoms with Crippen molar-refractivity contribution in [3.63, 3.8) is 0 Å². The Kier molecular flexibility index (Phi) is 27.1. The first-order valence-corrected chi connectivity index (χ1v) is 21.7. The summed E-state index contributed by atoms with van der Waals surface area (Å²) < 4.78 is 43.7. The molecule has 0 bridgehead atoms. The summed E-state index contributed by atoms with van der Waals surface area (Å²) in [5.74, 6) is -6.02. The SMILES string of the molecule is CC(=O)NCCOCCOCCOCCOCCC(=O)NCCOCCOCCO[C@]1(C(=O)O)C[C@H](O)[C@@H](NC(=O)CO)[C@H]([C@H](O)[C@H](O)CNC(=O)Cc2ccc(-c3ccccc3)cc2)O1. The van der Waals surface area contributed by atoms with Crippen LogP contribution in [-0.4, -0.2) is 204 Å². The summed E-state index contributed by atoms with van der Waals surface area (Å²) in [6.45, 7) is 3.40. The zero-order valence-electron chi connectivity index (χ0n) is 37.3. The van der Waals surface area contributed by atoms with Gasteiger partial charge in [-0.2, -0.15) is 0 Å². The molecule has 22 heteroatoms. The predicted octanol–water partition coefficient (Wildman–Crippen LogP) is -2.10. The van der Waals surface area contributed by atoms with Gasteiger partial charge in [-0.1, -0.05) is 54.6 Å². The summed E-state index contributed by atoms with van der Waals surface area (Å²) in [5.41, 5.74) is 2.65. The van der Waals surface area contributed by atoms with E-state index in [4.69, 9.17) is 37.9 Å². The number of carboxylic acid groups (broad SMARTS) is 1. The lowest BCUT2D eigenvalue weighted by atomic mass is 9.88. The maximum absolute atomic E-state index is 12.8. The summed E-state index contributed by atoms with van der Waals surface area (Å²) in [7, 11) is 0. The lowest BCUT2D eigenvalue weighted by Gasteiger charge is -2.46. The zero-order valence-corrected chi connectivity index (χ0v) is 37.3. The zero-order chi connectivity index (χ0) is 48.0. The molecular weight excluding hydrogens is 872 g/mol. The van der Waals surface area contributed by atoms with E-state index in [0.717, 1.165) is 11.1 Å². The highest BCUT2D eigenvalue weighted by molar-refractivity contribution is 5.79. The summed E-state index contributed by atoms with van der Waals surface area (Å²) in [5, 5.41) is 62.7. The molecule has 1 heterocycles. The topological polar surface area (TPSA) is 308 Å². The monoisotopic (exact) mass is 938 g/mol. The van der Waals surface area contributed by atoms with Gasteiger partial charge in [-0.3, -0.25) is 19.2 Å². The molecule has 370 valence electrons. The summed E-state index contributed by atoms with van der Waals surface area (Å²) in [6.07, 6.45) is -7.85. The minimum atomic E-state index is -2.55. The Morgan fingerprint density at radius 2 is 1.21 bits per heavy atom. The van der Waals surface area contributed by atoms with E-state index in [1.807, 2.05) is 42.5 Å². The first-order chi connectivity index (χ1) is 31.8. The van der Waals surface area contributed by atoms with Gasteiger partial charge < -0.3 is 84.7 Å². The molecule has 4 amide bonds. The molecule has 3 rings (SSSR count). The standard InChI is InChI=1S/C44H66N4O18/c1-31(50)45-12-15-60-18-21-63-24-23-62-20-17-59-14-11-37(53)46-13-16-61-19-22-64-25-26-65-44(43(57)58)28-35(51)40(48-39(55)30-49)42(66-44)41(56)36(52)29-47-38(54)27-32-7-9-34(10-8-32)33-5-3-2-4-6-33/h2-10,35-36,40-42,49,51-52,56H,11-30H2,1H3,(H,45,50)(H,46,53)(H,47,54)(H,48,55)(H,57,58)/t35-,36+,40+,41+,42+,44+/m0/s1. The Balaban J connectivity index is 1.29. The quantitative estimate of drug-likeness (QED) is 0.0335. The van der Waals surface area contributed by atoms with E-state index < -0.39 is 73.6 Å². The van der Waals surface area contributed by atoms with Crippen LogP contribution in [0.4, 0.5) is 0 Å². The van der Waals surface area contributed by atoms with Gasteiger partial charge in [0.25, 0.3) is 5.79 Å². The van der Waals surface area contributed by atoms with Crippen molar-refractivity contribution in [3.8, 4) is 11.1 Å². The summed E-state index contributed by atoms with van der Waals surface area (Å²) in [6, 6.07) is 15.5. The van der Waals surface area contributed by atoms with Gasteiger partial charge in [0.05, 0.1) is 111 Å². The third-order valence-corrected chi connectivity index (χ3v) is 9.75. The minimum Gasteiger partial charge on any atom is -0.477 e. The second-order valence-corrected chi connectivity index (χ2v) is 14.9. The second kappa shape index (κ2) is 32.1. The number of aliphatic hydroxyl groups excluding tert-OH is 4. The van der Waals surface area contributed by atoms with Crippen LogP contribution >= 0.6 is 0 Å². The number of amides is 4. The molecule has 0 radical (unpaired) electrons. The van der Waals surface area contributed by atoms with Crippen LogP contribution in [0.15, 0.2) is 54.6 Å². The molecule has 2 aromatic carbocycles. The highest BCUT2D eigenvalue weighted by Gasteiger charge is 2.55. The molecule has 2 aromatic rings. The first kappa shape index (κ1) is 55.6. The molecule has 1 aliphatic rings. The van der Waals surface area contributed by atoms with Crippen LogP contribution in [0, 0.1) is 0 Å². The molecule has 1 aliphatic heterocycles. The molecule has 0 aliphatic carbocycles. The number of aliphatic carboxylic acids is 1. The van der Waals surface area contributed by atoms with Crippen LogP contribution in [0.25, 0.3) is 11.1 Å². The van der Waals surface area contributed by atoms with Crippen molar-refractivity contribution in [2.24, 2.45) is 0 Å². The highest BCUT2D eigenvalue weighted by Crippen LogP contribution is 2.33. The number of benzene rings is 2. The third-order valence-electron chi connectivity index (χ3n) is 9.75. The van der Waals surface area contributed by atoms with E-state index in [2.05, 4.69) is 21.3 Å². The van der Waals surface area contributed by atoms with Crippen molar-refractivity contribution in [1.29, 1.82) is 0 Å². The summed E-state index contributed by atoms with van der Waals surface area (Å²) >= 11 is 0. The molecule has 0 unspecified atom stereocenters. The van der Waals surface area contributed by atoms with Gasteiger partial charge in [-0.15, -0.1) is 0 Å². The Morgan fingerprint density at radius 3 is 1.77 bits per heavy atom. The smallest absolute Gasteiger partial charge is 0.364 e. The van der Waals surface area contributed by atoms with E-state index in [0.29, 0.717) is 58.4 Å². The number of ether oxygens (including phenoxy) is 8. The van der Waals surface area contributed by atoms with Crippen molar-refractivity contribution in [1.82, 2.24) is 21.3 Å². The van der Waals surface area contributed by atoms with Gasteiger partial charge >= 0.3 is 5.97 Å². The number of aliphatic hydroxyl groups is 4. The van der Waals surface area contributed by atoms with Gasteiger partial charge in [0, 0.05) is 39.4 Å². The van der Waals surface area contributed by atoms with Crippen LogP contribution < -0.4 is 21.3 Å². The average Bonchev–Trinajstić information content (AvgIpc) is 3.30. The Bertz CT molecular complexity index is 1710. The fourth-order valence-electron chi connectivity index (χ4n) is 6.36. The van der Waals surface area contributed by atoms with Crippen molar-refractivity contribution in [3.05, 3.63) is 60.2 Å². The van der Waals surface area contributed by atoms with Gasteiger partial charge in [-0.05, 0) is 16.7 Å². The Morgan fingerprint density at radius 1 is 0.682 bits per heavy atom. The van der Waals surface area contributed by atoms with Crippen LogP contribution in [-0.2, 0) is 68.3 Å². The number of nitrogens with one attached hydrogen (secondary N) is 4. The van der Waals surface area contributed by atoms with Gasteiger partial charge in [0.2, 0.25) is 23.6 Å². The molecule has 22 nitrogen and oxygen atoms in total. The molecule has 6 atom stereocenters. The number of rotatable bonds is 35. The molecule has 9 N–H and O–H groups in total. The average molecular weight is 939 g/mol. The van der Waals surface area contributed by atoms with Crippen LogP contribution in [0.2, 0.25) is 0 Å². The molecule has 66 heavy (non-hydrogen) atoms. The molecular formula is C44H66N4O18. The van der Waals surface area contributed by atoms with Crippen molar-refractivity contribution in [2.75, 3.05) is 112 Å². The molecule has 0 spiro atoms. The van der Waals surface area contributed by atoms with E-state index >= 15 is 0 Å². The normalized spacial score (nSPS) is 19.1. The number of carboxylic acids is 1. The second-order valence-electron chi connectivity index (χ2n) is 14.9. The Hall–Kier alpha value is -4.69. The largest absolute Gasteiger partial charge is 0.477 e. The number of carbonyl (C=O) groups excluding carboxylic acids is 4. The van der Waals surface area contributed by atoms with Gasteiger partial charge in [0.15, 0.2) is 0 Å². The lowest BCUT2D eigenvalue weighted by molar-refractivity contribution is -0.312. The maximum atomic E-state index is 12.8. The van der Waals surface area contributed by atoms with Crippen molar-refractivity contribution in [2.45, 2.75) is 62.4 Å². The first-order valence-electron chi connectivity index (χ1n) is 21.7. The maximum Gasteiger partial charge on any atom is 0.364 e. The van der Waals surface area contributed by atoms with E-state index in [1.54, 1.807) is 12.1 Å². The molecule has 0 saturated carbocycles. The minimum absolute atomic E-state index is 0.0500. The number of carbonyl (C=O) groups is 5. The van der Waals surface area contributed by atoms with Crippen molar-refractivity contribution < 1.29 is 87.4 Å². The van der Waals surface area contributed by atoms with Crippen LogP contribution in [0.5, 0.6) is 0 Å².